The first-order valence-corrected chi connectivity index (χ1v) is 7.31. The van der Waals surface area contributed by atoms with Gasteiger partial charge < -0.3 is 9.64 Å². The fourth-order valence-electron chi connectivity index (χ4n) is 2.43. The molecule has 1 amide bonds. The van der Waals surface area contributed by atoms with E-state index in [0.717, 1.165) is 25.9 Å². The average molecular weight is 279 g/mol. The SMILES string of the molecule is CC[C@@H](Oc1ccccc1F)C(=O)N1CCC(C)CC1. The van der Waals surface area contributed by atoms with Crippen LogP contribution in [-0.2, 0) is 4.79 Å². The molecule has 1 aliphatic rings. The molecule has 4 heteroatoms. The van der Waals surface area contributed by atoms with Crippen LogP contribution in [0.3, 0.4) is 0 Å². The van der Waals surface area contributed by atoms with Gasteiger partial charge in [-0.2, -0.15) is 0 Å². The molecule has 0 radical (unpaired) electrons. The number of piperidine rings is 1. The lowest BCUT2D eigenvalue weighted by atomic mass is 9.99. The summed E-state index contributed by atoms with van der Waals surface area (Å²) in [5, 5.41) is 0. The first kappa shape index (κ1) is 14.8. The predicted octanol–water partition coefficient (Wildman–Crippen LogP) is 3.24. The van der Waals surface area contributed by atoms with Gasteiger partial charge in [-0.05, 0) is 37.3 Å². The van der Waals surface area contributed by atoms with E-state index in [2.05, 4.69) is 6.92 Å². The van der Waals surface area contributed by atoms with Crippen LogP contribution in [0.1, 0.15) is 33.1 Å². The van der Waals surface area contributed by atoms with Crippen molar-refractivity contribution in [2.45, 2.75) is 39.2 Å². The summed E-state index contributed by atoms with van der Waals surface area (Å²) < 4.78 is 19.2. The fourth-order valence-corrected chi connectivity index (χ4v) is 2.43. The third-order valence-corrected chi connectivity index (χ3v) is 3.85. The summed E-state index contributed by atoms with van der Waals surface area (Å²) in [6.45, 7) is 5.64. The number of rotatable bonds is 4. The van der Waals surface area contributed by atoms with Crippen LogP contribution < -0.4 is 4.74 Å². The summed E-state index contributed by atoms with van der Waals surface area (Å²) in [7, 11) is 0. The van der Waals surface area contributed by atoms with Crippen molar-refractivity contribution in [1.29, 1.82) is 0 Å². The Morgan fingerprint density at radius 3 is 2.65 bits per heavy atom. The highest BCUT2D eigenvalue weighted by Crippen LogP contribution is 2.21. The number of nitrogens with zero attached hydrogens (tertiary/aromatic N) is 1. The molecule has 0 unspecified atom stereocenters. The zero-order chi connectivity index (χ0) is 14.5. The molecule has 1 atom stereocenters. The normalized spacial score (nSPS) is 17.9. The van der Waals surface area contributed by atoms with Gasteiger partial charge in [0.15, 0.2) is 17.7 Å². The van der Waals surface area contributed by atoms with E-state index in [0.29, 0.717) is 12.3 Å². The number of ether oxygens (including phenoxy) is 1. The van der Waals surface area contributed by atoms with Gasteiger partial charge in [0.1, 0.15) is 0 Å². The molecule has 110 valence electrons. The lowest BCUT2D eigenvalue weighted by Crippen LogP contribution is -2.45. The zero-order valence-electron chi connectivity index (χ0n) is 12.1. The highest BCUT2D eigenvalue weighted by atomic mass is 19.1. The van der Waals surface area contributed by atoms with Crippen LogP contribution in [0.2, 0.25) is 0 Å². The van der Waals surface area contributed by atoms with Gasteiger partial charge in [0.25, 0.3) is 5.91 Å². The van der Waals surface area contributed by atoms with Gasteiger partial charge in [-0.15, -0.1) is 0 Å². The minimum absolute atomic E-state index is 0.0253. The van der Waals surface area contributed by atoms with E-state index < -0.39 is 11.9 Å². The Bertz CT molecular complexity index is 456. The molecule has 2 rings (SSSR count). The standard InChI is InChI=1S/C16H22FNO2/c1-3-14(20-15-7-5-4-6-13(15)17)16(19)18-10-8-12(2)9-11-18/h4-7,12,14H,3,8-11H2,1-2H3/t14-/m1/s1. The van der Waals surface area contributed by atoms with E-state index in [4.69, 9.17) is 4.74 Å². The van der Waals surface area contributed by atoms with Gasteiger partial charge in [0.05, 0.1) is 0 Å². The Balaban J connectivity index is 2.01. The Morgan fingerprint density at radius 2 is 2.05 bits per heavy atom. The van der Waals surface area contributed by atoms with E-state index in [9.17, 15) is 9.18 Å². The topological polar surface area (TPSA) is 29.5 Å². The van der Waals surface area contributed by atoms with Gasteiger partial charge in [0.2, 0.25) is 0 Å². The van der Waals surface area contributed by atoms with Gasteiger partial charge in [-0.3, -0.25) is 4.79 Å². The van der Waals surface area contributed by atoms with Crippen molar-refractivity contribution in [3.05, 3.63) is 30.1 Å². The minimum atomic E-state index is -0.597. The smallest absolute Gasteiger partial charge is 0.263 e. The highest BCUT2D eigenvalue weighted by Gasteiger charge is 2.27. The van der Waals surface area contributed by atoms with Crippen molar-refractivity contribution in [3.8, 4) is 5.75 Å². The molecule has 1 saturated heterocycles. The van der Waals surface area contributed by atoms with E-state index >= 15 is 0 Å². The molecule has 1 fully saturated rings. The van der Waals surface area contributed by atoms with Crippen molar-refractivity contribution < 1.29 is 13.9 Å². The molecule has 0 spiro atoms. The lowest BCUT2D eigenvalue weighted by molar-refractivity contribution is -0.140. The maximum atomic E-state index is 13.6. The Morgan fingerprint density at radius 1 is 1.40 bits per heavy atom. The van der Waals surface area contributed by atoms with Gasteiger partial charge in [-0.1, -0.05) is 26.0 Å². The highest BCUT2D eigenvalue weighted by molar-refractivity contribution is 5.81. The van der Waals surface area contributed by atoms with Gasteiger partial charge in [-0.25, -0.2) is 4.39 Å². The fraction of sp³-hybridized carbons (Fsp3) is 0.562. The number of halogens is 1. The molecule has 20 heavy (non-hydrogen) atoms. The molecular weight excluding hydrogens is 257 g/mol. The third-order valence-electron chi connectivity index (χ3n) is 3.85. The predicted molar refractivity (Wildman–Crippen MR) is 76.1 cm³/mol. The summed E-state index contributed by atoms with van der Waals surface area (Å²) in [6, 6.07) is 6.22. The first-order chi connectivity index (χ1) is 9.61. The minimum Gasteiger partial charge on any atom is -0.478 e. The summed E-state index contributed by atoms with van der Waals surface area (Å²) in [6.07, 6.45) is 2.00. The van der Waals surface area contributed by atoms with Crippen molar-refractivity contribution in [3.63, 3.8) is 0 Å². The molecule has 1 heterocycles. The van der Waals surface area contributed by atoms with Crippen molar-refractivity contribution >= 4 is 5.91 Å². The molecule has 0 aromatic heterocycles. The summed E-state index contributed by atoms with van der Waals surface area (Å²) in [5.41, 5.74) is 0. The van der Waals surface area contributed by atoms with E-state index in [1.54, 1.807) is 18.2 Å². The van der Waals surface area contributed by atoms with E-state index in [1.165, 1.54) is 6.07 Å². The molecule has 0 bridgehead atoms. The summed E-state index contributed by atoms with van der Waals surface area (Å²) in [5.74, 6) is 0.373. The van der Waals surface area contributed by atoms with E-state index in [1.807, 2.05) is 11.8 Å². The average Bonchev–Trinajstić information content (AvgIpc) is 2.46. The van der Waals surface area contributed by atoms with Crippen LogP contribution in [-0.4, -0.2) is 30.0 Å². The molecule has 1 aliphatic heterocycles. The molecule has 1 aromatic rings. The van der Waals surface area contributed by atoms with Gasteiger partial charge in [0, 0.05) is 13.1 Å². The van der Waals surface area contributed by atoms with Crippen molar-refractivity contribution in [2.24, 2.45) is 5.92 Å². The van der Waals surface area contributed by atoms with Crippen LogP contribution in [0, 0.1) is 11.7 Å². The lowest BCUT2D eigenvalue weighted by Gasteiger charge is -2.32. The third kappa shape index (κ3) is 3.50. The van der Waals surface area contributed by atoms with E-state index in [-0.39, 0.29) is 11.7 Å². The molecule has 3 nitrogen and oxygen atoms in total. The maximum Gasteiger partial charge on any atom is 0.263 e. The Labute approximate surface area is 119 Å². The number of para-hydroxylation sites is 1. The second kappa shape index (κ2) is 6.73. The van der Waals surface area contributed by atoms with Crippen LogP contribution in [0.15, 0.2) is 24.3 Å². The van der Waals surface area contributed by atoms with Gasteiger partial charge >= 0.3 is 0 Å². The summed E-state index contributed by atoms with van der Waals surface area (Å²) in [4.78, 5) is 14.3. The molecule has 0 saturated carbocycles. The molecule has 0 N–H and O–H groups in total. The van der Waals surface area contributed by atoms with Crippen LogP contribution >= 0.6 is 0 Å². The molecule has 1 aromatic carbocycles. The van der Waals surface area contributed by atoms with Crippen LogP contribution in [0.5, 0.6) is 5.75 Å². The number of likely N-dealkylation sites (tertiary alicyclic amines) is 1. The number of carbonyl (C=O) groups excluding carboxylic acids is 1. The quantitative estimate of drug-likeness (QED) is 0.846. The molecular formula is C16H22FNO2. The number of hydrogen-bond acceptors (Lipinski definition) is 2. The Hall–Kier alpha value is -1.58. The zero-order valence-corrected chi connectivity index (χ0v) is 12.1. The summed E-state index contributed by atoms with van der Waals surface area (Å²) >= 11 is 0. The second-order valence-corrected chi connectivity index (χ2v) is 5.45. The number of amides is 1. The number of carbonyl (C=O) groups is 1. The maximum absolute atomic E-state index is 13.6. The second-order valence-electron chi connectivity index (χ2n) is 5.45. The molecule has 0 aliphatic carbocycles. The first-order valence-electron chi connectivity index (χ1n) is 7.31. The Kier molecular flexibility index (Phi) is 4.99. The van der Waals surface area contributed by atoms with Crippen molar-refractivity contribution in [2.75, 3.05) is 13.1 Å². The number of benzene rings is 1. The van der Waals surface area contributed by atoms with Crippen LogP contribution in [0.25, 0.3) is 0 Å². The van der Waals surface area contributed by atoms with Crippen molar-refractivity contribution in [1.82, 2.24) is 4.90 Å². The number of hydrogen-bond donors (Lipinski definition) is 0. The largest absolute Gasteiger partial charge is 0.478 e. The van der Waals surface area contributed by atoms with Crippen LogP contribution in [0.4, 0.5) is 4.39 Å². The monoisotopic (exact) mass is 279 g/mol.